The third kappa shape index (κ3) is 6.58. The number of carbonyl (C=O) groups is 1. The van der Waals surface area contributed by atoms with Crippen LogP contribution in [0, 0.1) is 0 Å². The lowest BCUT2D eigenvalue weighted by molar-refractivity contribution is -0.117. The van der Waals surface area contributed by atoms with Crippen LogP contribution >= 0.6 is 48.6 Å². The van der Waals surface area contributed by atoms with E-state index in [2.05, 4.69) is 26.7 Å². The SMILES string of the molecule is Cl.Cl.Cl.O=C(CN1CCNCC1)Nc1ccnn1Cc1cccs1. The second kappa shape index (κ2) is 11.7. The van der Waals surface area contributed by atoms with Crippen molar-refractivity contribution in [3.05, 3.63) is 34.7 Å². The van der Waals surface area contributed by atoms with Crippen molar-refractivity contribution >= 4 is 60.3 Å². The van der Waals surface area contributed by atoms with Crippen LogP contribution in [-0.2, 0) is 11.3 Å². The van der Waals surface area contributed by atoms with Crippen LogP contribution in [0.3, 0.4) is 0 Å². The summed E-state index contributed by atoms with van der Waals surface area (Å²) in [6.07, 6.45) is 1.72. The number of carbonyl (C=O) groups excluding carboxylic acids is 1. The van der Waals surface area contributed by atoms with Gasteiger partial charge in [-0.3, -0.25) is 9.69 Å². The minimum absolute atomic E-state index is 0. The number of nitrogens with one attached hydrogen (secondary N) is 2. The van der Waals surface area contributed by atoms with Gasteiger partial charge in [-0.25, -0.2) is 4.68 Å². The van der Waals surface area contributed by atoms with E-state index in [0.717, 1.165) is 32.0 Å². The molecule has 10 heteroatoms. The highest BCUT2D eigenvalue weighted by Gasteiger charge is 2.14. The zero-order valence-electron chi connectivity index (χ0n) is 13.0. The zero-order valence-corrected chi connectivity index (χ0v) is 16.3. The number of hydrogen-bond acceptors (Lipinski definition) is 5. The molecule has 0 bridgehead atoms. The van der Waals surface area contributed by atoms with Gasteiger partial charge in [0.25, 0.3) is 0 Å². The van der Waals surface area contributed by atoms with E-state index in [4.69, 9.17) is 0 Å². The Morgan fingerprint density at radius 2 is 2.00 bits per heavy atom. The molecule has 1 amide bonds. The topological polar surface area (TPSA) is 62.2 Å². The third-order valence-electron chi connectivity index (χ3n) is 3.45. The summed E-state index contributed by atoms with van der Waals surface area (Å²) in [4.78, 5) is 15.5. The minimum Gasteiger partial charge on any atom is -0.314 e. The summed E-state index contributed by atoms with van der Waals surface area (Å²) in [6.45, 7) is 4.86. The number of aromatic nitrogens is 2. The minimum atomic E-state index is 0. The first-order valence-electron chi connectivity index (χ1n) is 7.08. The molecule has 0 saturated carbocycles. The van der Waals surface area contributed by atoms with E-state index in [9.17, 15) is 4.79 Å². The van der Waals surface area contributed by atoms with E-state index in [0.29, 0.717) is 13.1 Å². The van der Waals surface area contributed by atoms with E-state index >= 15 is 0 Å². The number of halogens is 3. The third-order valence-corrected chi connectivity index (χ3v) is 4.31. The van der Waals surface area contributed by atoms with Gasteiger partial charge in [-0.1, -0.05) is 6.07 Å². The number of piperazine rings is 1. The number of amides is 1. The van der Waals surface area contributed by atoms with E-state index in [1.165, 1.54) is 4.88 Å². The molecule has 0 atom stereocenters. The van der Waals surface area contributed by atoms with Crippen molar-refractivity contribution in [2.75, 3.05) is 38.0 Å². The van der Waals surface area contributed by atoms with Gasteiger partial charge in [0.15, 0.2) is 0 Å². The van der Waals surface area contributed by atoms with Crippen molar-refractivity contribution in [3.8, 4) is 0 Å². The smallest absolute Gasteiger partial charge is 0.239 e. The lowest BCUT2D eigenvalue weighted by Gasteiger charge is -2.26. The Balaban J connectivity index is 0.00000176. The number of hydrogen-bond donors (Lipinski definition) is 2. The molecule has 2 aromatic rings. The summed E-state index contributed by atoms with van der Waals surface area (Å²) in [6, 6.07) is 5.92. The predicted octanol–water partition coefficient (Wildman–Crippen LogP) is 2.10. The molecule has 1 aliphatic heterocycles. The highest BCUT2D eigenvalue weighted by molar-refractivity contribution is 7.09. The molecule has 2 aromatic heterocycles. The van der Waals surface area contributed by atoms with Crippen molar-refractivity contribution in [1.29, 1.82) is 0 Å². The van der Waals surface area contributed by atoms with Gasteiger partial charge in [0.2, 0.25) is 5.91 Å². The summed E-state index contributed by atoms with van der Waals surface area (Å²) < 4.78 is 1.82. The van der Waals surface area contributed by atoms with Crippen molar-refractivity contribution in [2.45, 2.75) is 6.54 Å². The first-order chi connectivity index (χ1) is 10.3. The number of anilines is 1. The van der Waals surface area contributed by atoms with Crippen LogP contribution in [0.15, 0.2) is 29.8 Å². The first kappa shape index (κ1) is 23.2. The van der Waals surface area contributed by atoms with Crippen LogP contribution in [0.2, 0.25) is 0 Å². The lowest BCUT2D eigenvalue weighted by atomic mass is 10.3. The van der Waals surface area contributed by atoms with Gasteiger partial charge in [-0.15, -0.1) is 48.6 Å². The summed E-state index contributed by atoms with van der Waals surface area (Å²) in [5, 5.41) is 12.6. The first-order valence-corrected chi connectivity index (χ1v) is 7.96. The monoisotopic (exact) mass is 413 g/mol. The number of nitrogens with zero attached hydrogens (tertiary/aromatic N) is 3. The van der Waals surface area contributed by atoms with Gasteiger partial charge in [0, 0.05) is 37.1 Å². The van der Waals surface area contributed by atoms with Gasteiger partial charge in [0.1, 0.15) is 5.82 Å². The quantitative estimate of drug-likeness (QED) is 0.786. The molecule has 0 radical (unpaired) electrons. The molecule has 136 valence electrons. The summed E-state index contributed by atoms with van der Waals surface area (Å²) >= 11 is 1.69. The van der Waals surface area contributed by atoms with E-state index in [1.54, 1.807) is 17.5 Å². The van der Waals surface area contributed by atoms with Crippen LogP contribution in [-0.4, -0.2) is 53.3 Å². The molecule has 0 aromatic carbocycles. The van der Waals surface area contributed by atoms with Gasteiger partial charge in [-0.05, 0) is 11.4 Å². The van der Waals surface area contributed by atoms with Crippen LogP contribution < -0.4 is 10.6 Å². The average molecular weight is 415 g/mol. The maximum Gasteiger partial charge on any atom is 0.239 e. The highest BCUT2D eigenvalue weighted by Crippen LogP contribution is 2.14. The summed E-state index contributed by atoms with van der Waals surface area (Å²) in [7, 11) is 0. The standard InChI is InChI=1S/C14H19N5OS.3ClH/c20-14(11-18-7-5-15-6-8-18)17-13-3-4-16-19(13)10-12-2-1-9-21-12;;;/h1-4,9,15H,5-8,10-11H2,(H,17,20);3*1H. The zero-order chi connectivity index (χ0) is 14.5. The summed E-state index contributed by atoms with van der Waals surface area (Å²) in [5.74, 6) is 0.772. The fourth-order valence-electron chi connectivity index (χ4n) is 2.37. The Morgan fingerprint density at radius 3 is 2.67 bits per heavy atom. The highest BCUT2D eigenvalue weighted by atomic mass is 35.5. The van der Waals surface area contributed by atoms with Crippen LogP contribution in [0.25, 0.3) is 0 Å². The molecule has 1 saturated heterocycles. The Kier molecular flexibility index (Phi) is 11.3. The second-order valence-electron chi connectivity index (χ2n) is 5.03. The molecule has 1 aliphatic rings. The van der Waals surface area contributed by atoms with Crippen molar-refractivity contribution in [2.24, 2.45) is 0 Å². The molecule has 1 fully saturated rings. The molecule has 3 heterocycles. The van der Waals surface area contributed by atoms with Crippen LogP contribution in [0.1, 0.15) is 4.88 Å². The molecular weight excluding hydrogens is 393 g/mol. The predicted molar refractivity (Wildman–Crippen MR) is 105 cm³/mol. The van der Waals surface area contributed by atoms with Gasteiger partial charge >= 0.3 is 0 Å². The van der Waals surface area contributed by atoms with Crippen molar-refractivity contribution in [1.82, 2.24) is 20.0 Å². The fraction of sp³-hybridized carbons (Fsp3) is 0.429. The Labute approximate surface area is 164 Å². The van der Waals surface area contributed by atoms with E-state index in [1.807, 2.05) is 22.2 Å². The summed E-state index contributed by atoms with van der Waals surface area (Å²) in [5.41, 5.74) is 0. The van der Waals surface area contributed by atoms with Crippen LogP contribution in [0.4, 0.5) is 5.82 Å². The maximum absolute atomic E-state index is 12.1. The van der Waals surface area contributed by atoms with Gasteiger partial charge < -0.3 is 10.6 Å². The van der Waals surface area contributed by atoms with E-state index < -0.39 is 0 Å². The Morgan fingerprint density at radius 1 is 1.25 bits per heavy atom. The largest absolute Gasteiger partial charge is 0.314 e. The van der Waals surface area contributed by atoms with Crippen molar-refractivity contribution < 1.29 is 4.79 Å². The fourth-order valence-corrected chi connectivity index (χ4v) is 3.06. The molecule has 3 rings (SSSR count). The van der Waals surface area contributed by atoms with Gasteiger partial charge in [0.05, 0.1) is 19.3 Å². The van der Waals surface area contributed by atoms with E-state index in [-0.39, 0.29) is 43.1 Å². The molecule has 6 nitrogen and oxygen atoms in total. The average Bonchev–Trinajstić information content (AvgIpc) is 3.13. The van der Waals surface area contributed by atoms with Crippen molar-refractivity contribution in [3.63, 3.8) is 0 Å². The normalized spacial score (nSPS) is 14.0. The molecular formula is C14H22Cl3N5OS. The maximum atomic E-state index is 12.1. The number of rotatable bonds is 5. The van der Waals surface area contributed by atoms with Gasteiger partial charge in [-0.2, -0.15) is 5.10 Å². The molecule has 0 aliphatic carbocycles. The molecule has 0 unspecified atom stereocenters. The Hall–Kier alpha value is -0.830. The Bertz CT molecular complexity index is 587. The lowest BCUT2D eigenvalue weighted by Crippen LogP contribution is -2.46. The molecule has 0 spiro atoms. The number of thiophene rings is 1. The van der Waals surface area contributed by atoms with Crippen LogP contribution in [0.5, 0.6) is 0 Å². The molecule has 2 N–H and O–H groups in total. The second-order valence-corrected chi connectivity index (χ2v) is 6.06. The molecule has 24 heavy (non-hydrogen) atoms.